The second-order valence-corrected chi connectivity index (χ2v) is 7.36. The molecule has 1 aliphatic heterocycles. The summed E-state index contributed by atoms with van der Waals surface area (Å²) in [6.45, 7) is 3.11. The molecular weight excluding hydrogens is 338 g/mol. The van der Waals surface area contributed by atoms with Crippen LogP contribution in [-0.4, -0.2) is 10.3 Å². The third-order valence-corrected chi connectivity index (χ3v) is 5.30. The number of rotatable bonds is 4. The van der Waals surface area contributed by atoms with Gasteiger partial charge >= 0.3 is 0 Å². The lowest BCUT2D eigenvalue weighted by atomic mass is 10.1. The van der Waals surface area contributed by atoms with E-state index in [4.69, 9.17) is 0 Å². The van der Waals surface area contributed by atoms with Crippen LogP contribution in [-0.2, 0) is 13.0 Å². The summed E-state index contributed by atoms with van der Waals surface area (Å²) in [7, 11) is 0. The Morgan fingerprint density at radius 2 is 1.76 bits per heavy atom. The van der Waals surface area contributed by atoms with Crippen LogP contribution >= 0.6 is 11.8 Å². The molecule has 5 heteroatoms. The Morgan fingerprint density at radius 1 is 1.04 bits per heavy atom. The van der Waals surface area contributed by atoms with Gasteiger partial charge in [-0.15, -0.1) is 0 Å². The van der Waals surface area contributed by atoms with Gasteiger partial charge < -0.3 is 0 Å². The number of aromatic nitrogens is 2. The fourth-order valence-electron chi connectivity index (χ4n) is 3.40. The fourth-order valence-corrected chi connectivity index (χ4v) is 3.90. The molecule has 0 N–H and O–H groups in total. The van der Waals surface area contributed by atoms with Crippen LogP contribution in [0.25, 0.3) is 16.9 Å². The van der Waals surface area contributed by atoms with E-state index in [-0.39, 0.29) is 0 Å². The highest BCUT2D eigenvalue weighted by Crippen LogP contribution is 2.30. The number of alkyl halides is 2. The van der Waals surface area contributed by atoms with Crippen molar-refractivity contribution in [3.8, 4) is 16.9 Å². The minimum Gasteiger partial charge on any atom is -0.233 e. The second-order valence-electron chi connectivity index (χ2n) is 6.30. The Bertz CT molecular complexity index is 883. The van der Waals surface area contributed by atoms with Gasteiger partial charge in [0, 0.05) is 10.5 Å². The van der Waals surface area contributed by atoms with Crippen molar-refractivity contribution in [2.45, 2.75) is 37.0 Å². The van der Waals surface area contributed by atoms with Crippen LogP contribution in [0.2, 0.25) is 0 Å². The van der Waals surface area contributed by atoms with Crippen LogP contribution in [0.5, 0.6) is 0 Å². The molecule has 0 bridgehead atoms. The highest BCUT2D eigenvalue weighted by atomic mass is 32.2. The van der Waals surface area contributed by atoms with E-state index in [2.05, 4.69) is 46.5 Å². The largest absolute Gasteiger partial charge is 0.288 e. The highest BCUT2D eigenvalue weighted by Gasteiger charge is 2.29. The molecule has 25 heavy (non-hydrogen) atoms. The number of aryl methyl sites for hydroxylation is 2. The average Bonchev–Trinajstić information content (AvgIpc) is 3.17. The van der Waals surface area contributed by atoms with Gasteiger partial charge in [0.2, 0.25) is 0 Å². The van der Waals surface area contributed by atoms with Crippen LogP contribution in [0.15, 0.2) is 59.6 Å². The maximum atomic E-state index is 12.5. The van der Waals surface area contributed by atoms with Crippen LogP contribution in [0.3, 0.4) is 0 Å². The first-order chi connectivity index (χ1) is 12.1. The van der Waals surface area contributed by atoms with Crippen LogP contribution < -0.4 is 4.57 Å². The predicted octanol–water partition coefficient (Wildman–Crippen LogP) is 5.00. The van der Waals surface area contributed by atoms with E-state index in [1.807, 2.05) is 12.1 Å². The number of imidazole rings is 1. The van der Waals surface area contributed by atoms with Crippen LogP contribution in [0, 0.1) is 6.92 Å². The van der Waals surface area contributed by atoms with E-state index >= 15 is 0 Å². The summed E-state index contributed by atoms with van der Waals surface area (Å²) in [5.41, 5.74) is 4.56. The van der Waals surface area contributed by atoms with Crippen molar-refractivity contribution >= 4 is 11.8 Å². The molecule has 0 spiro atoms. The zero-order valence-electron chi connectivity index (χ0n) is 14.0. The Labute approximate surface area is 150 Å². The first-order valence-electron chi connectivity index (χ1n) is 8.38. The summed E-state index contributed by atoms with van der Waals surface area (Å²) < 4.78 is 29.7. The number of fused-ring (bicyclic) bond motifs is 1. The van der Waals surface area contributed by atoms with Crippen LogP contribution in [0.1, 0.15) is 17.8 Å². The number of hydrogen-bond acceptors (Lipinski definition) is 1. The predicted molar refractivity (Wildman–Crippen MR) is 96.3 cm³/mol. The number of halogens is 2. The minimum absolute atomic E-state index is 0.584. The van der Waals surface area contributed by atoms with Gasteiger partial charge in [0.1, 0.15) is 11.9 Å². The molecular formula is C20H19F2N2S+. The summed E-state index contributed by atoms with van der Waals surface area (Å²) >= 11 is 0.584. The van der Waals surface area contributed by atoms with Crippen LogP contribution in [0.4, 0.5) is 8.78 Å². The van der Waals surface area contributed by atoms with Gasteiger partial charge in [-0.1, -0.05) is 41.6 Å². The summed E-state index contributed by atoms with van der Waals surface area (Å²) in [5, 5.41) is 0. The molecule has 0 radical (unpaired) electrons. The molecule has 0 atom stereocenters. The zero-order chi connectivity index (χ0) is 17.4. The van der Waals surface area contributed by atoms with Crippen molar-refractivity contribution in [2.24, 2.45) is 0 Å². The molecule has 0 amide bonds. The molecule has 128 valence electrons. The van der Waals surface area contributed by atoms with Gasteiger partial charge in [0.15, 0.2) is 5.69 Å². The molecule has 1 aliphatic rings. The topological polar surface area (TPSA) is 8.81 Å². The minimum atomic E-state index is -2.39. The standard InChI is InChI=1S/C20H19F2N2S/c1-14-4-6-15(7-5-14)18-13-23-12-2-3-19(23)24(18)16-8-10-17(11-9-16)25-20(21)22/h4-11,13,20H,2-3,12H2,1H3/q+1. The van der Waals surface area contributed by atoms with Gasteiger partial charge in [-0.05, 0) is 37.6 Å². The first kappa shape index (κ1) is 16.3. The van der Waals surface area contributed by atoms with Crippen molar-refractivity contribution in [3.63, 3.8) is 0 Å². The Balaban J connectivity index is 1.79. The zero-order valence-corrected chi connectivity index (χ0v) is 14.8. The molecule has 0 unspecified atom stereocenters. The SMILES string of the molecule is Cc1ccc(-c2c[n+]3c(n2-c2ccc(SC(F)F)cc2)CCC3)cc1. The summed E-state index contributed by atoms with van der Waals surface area (Å²) in [4.78, 5) is 0.590. The summed E-state index contributed by atoms with van der Waals surface area (Å²) in [6.07, 6.45) is 4.37. The maximum absolute atomic E-state index is 12.5. The van der Waals surface area contributed by atoms with Gasteiger partial charge in [0.25, 0.3) is 11.6 Å². The lowest BCUT2D eigenvalue weighted by Gasteiger charge is -2.06. The summed E-state index contributed by atoms with van der Waals surface area (Å²) in [5.74, 6) is -1.12. The van der Waals surface area contributed by atoms with E-state index in [0.29, 0.717) is 16.7 Å². The molecule has 0 aliphatic carbocycles. The van der Waals surface area contributed by atoms with Gasteiger partial charge in [0.05, 0.1) is 13.0 Å². The van der Waals surface area contributed by atoms with E-state index in [9.17, 15) is 8.78 Å². The van der Waals surface area contributed by atoms with E-state index < -0.39 is 5.76 Å². The van der Waals surface area contributed by atoms with Crippen molar-refractivity contribution in [3.05, 3.63) is 66.1 Å². The van der Waals surface area contributed by atoms with Crippen molar-refractivity contribution < 1.29 is 13.3 Å². The molecule has 2 nitrogen and oxygen atoms in total. The van der Waals surface area contributed by atoms with Gasteiger partial charge in [-0.3, -0.25) is 0 Å². The lowest BCUT2D eigenvalue weighted by molar-refractivity contribution is -0.689. The Morgan fingerprint density at radius 3 is 2.44 bits per heavy atom. The molecule has 0 saturated heterocycles. The molecule has 2 aromatic carbocycles. The van der Waals surface area contributed by atoms with Gasteiger partial charge in [-0.25, -0.2) is 4.57 Å². The van der Waals surface area contributed by atoms with E-state index in [0.717, 1.165) is 30.8 Å². The number of hydrogen-bond donors (Lipinski definition) is 0. The van der Waals surface area contributed by atoms with Crippen molar-refractivity contribution in [1.82, 2.24) is 4.57 Å². The Kier molecular flexibility index (Phi) is 4.34. The molecule has 3 aromatic rings. The molecule has 1 aromatic heterocycles. The van der Waals surface area contributed by atoms with E-state index in [1.165, 1.54) is 17.0 Å². The number of nitrogens with zero attached hydrogens (tertiary/aromatic N) is 2. The quantitative estimate of drug-likeness (QED) is 0.471. The maximum Gasteiger partial charge on any atom is 0.288 e. The molecule has 2 heterocycles. The monoisotopic (exact) mass is 357 g/mol. The molecule has 0 fully saturated rings. The Hall–Kier alpha value is -2.14. The first-order valence-corrected chi connectivity index (χ1v) is 9.26. The average molecular weight is 357 g/mol. The fraction of sp³-hybridized carbons (Fsp3) is 0.250. The third-order valence-electron chi connectivity index (χ3n) is 4.58. The molecule has 4 rings (SSSR count). The lowest BCUT2D eigenvalue weighted by Crippen LogP contribution is -2.30. The van der Waals surface area contributed by atoms with Crippen molar-refractivity contribution in [1.29, 1.82) is 0 Å². The van der Waals surface area contributed by atoms with Crippen molar-refractivity contribution in [2.75, 3.05) is 0 Å². The molecule has 0 saturated carbocycles. The van der Waals surface area contributed by atoms with E-state index in [1.54, 1.807) is 12.1 Å². The number of benzene rings is 2. The second kappa shape index (κ2) is 6.64. The normalized spacial score (nSPS) is 13.4. The smallest absolute Gasteiger partial charge is 0.233 e. The number of thioether (sulfide) groups is 1. The highest BCUT2D eigenvalue weighted by molar-refractivity contribution is 7.99. The summed E-state index contributed by atoms with van der Waals surface area (Å²) in [6, 6.07) is 15.9. The van der Waals surface area contributed by atoms with Gasteiger partial charge in [-0.2, -0.15) is 13.3 Å². The third kappa shape index (κ3) is 3.21.